The zero-order valence-electron chi connectivity index (χ0n) is 12.0. The average molecular weight is 304 g/mol. The molecule has 5 nitrogen and oxygen atoms in total. The summed E-state index contributed by atoms with van der Waals surface area (Å²) >= 11 is 0. The Kier molecular flexibility index (Phi) is 3.16. The number of aromatic nitrogens is 2. The predicted octanol–water partition coefficient (Wildman–Crippen LogP) is 4.51. The number of rotatable bonds is 0. The van der Waals surface area contributed by atoms with Gasteiger partial charge in [-0.3, -0.25) is 0 Å². The van der Waals surface area contributed by atoms with E-state index in [1.54, 1.807) is 12.1 Å². The van der Waals surface area contributed by atoms with Crippen molar-refractivity contribution in [2.24, 2.45) is 0 Å². The zero-order valence-corrected chi connectivity index (χ0v) is 12.0. The van der Waals surface area contributed by atoms with E-state index in [0.29, 0.717) is 11.1 Å². The molecule has 0 saturated heterocycles. The second-order valence-electron chi connectivity index (χ2n) is 4.95. The van der Waals surface area contributed by atoms with E-state index in [4.69, 9.17) is 13.9 Å². The normalized spacial score (nSPS) is 10.8. The minimum absolute atomic E-state index is 0.277. The molecule has 23 heavy (non-hydrogen) atoms. The average Bonchev–Trinajstić information content (AvgIpc) is 3.20. The van der Waals surface area contributed by atoms with E-state index in [9.17, 15) is 0 Å². The van der Waals surface area contributed by atoms with Gasteiger partial charge in [-0.05, 0) is 23.6 Å². The summed E-state index contributed by atoms with van der Waals surface area (Å²) in [5, 5.41) is 11.1. The molecule has 0 fully saturated rings. The van der Waals surface area contributed by atoms with Crippen molar-refractivity contribution in [1.82, 2.24) is 9.97 Å². The Morgan fingerprint density at radius 1 is 0.826 bits per heavy atom. The number of hydrogen-bond donors (Lipinski definition) is 1. The van der Waals surface area contributed by atoms with Crippen LogP contribution in [0.25, 0.3) is 33.0 Å². The van der Waals surface area contributed by atoms with Crippen LogP contribution in [0.2, 0.25) is 0 Å². The van der Waals surface area contributed by atoms with E-state index in [-0.39, 0.29) is 6.08 Å². The molecule has 5 heteroatoms. The van der Waals surface area contributed by atoms with Crippen LogP contribution in [0.3, 0.4) is 0 Å². The molecule has 1 N–H and O–H groups in total. The van der Waals surface area contributed by atoms with Gasteiger partial charge in [0.05, 0.1) is 0 Å². The van der Waals surface area contributed by atoms with Crippen molar-refractivity contribution in [3.8, 4) is 6.08 Å². The van der Waals surface area contributed by atoms with Crippen LogP contribution in [-0.2, 0) is 0 Å². The molecule has 0 atom stereocenters. The predicted molar refractivity (Wildman–Crippen MR) is 87.2 cm³/mol. The fourth-order valence-corrected chi connectivity index (χ4v) is 2.45. The van der Waals surface area contributed by atoms with E-state index in [2.05, 4.69) is 22.1 Å². The zero-order chi connectivity index (χ0) is 15.6. The van der Waals surface area contributed by atoms with Gasteiger partial charge in [0.25, 0.3) is 0 Å². The summed E-state index contributed by atoms with van der Waals surface area (Å²) in [6.45, 7) is 0. The van der Waals surface area contributed by atoms with Crippen molar-refractivity contribution in [3.05, 3.63) is 67.1 Å². The van der Waals surface area contributed by atoms with E-state index >= 15 is 0 Å². The van der Waals surface area contributed by atoms with Gasteiger partial charge < -0.3 is 13.9 Å². The summed E-state index contributed by atoms with van der Waals surface area (Å²) in [4.78, 5) is 7.80. The van der Waals surface area contributed by atoms with Crippen LogP contribution in [0.4, 0.5) is 0 Å². The van der Waals surface area contributed by atoms with Crippen LogP contribution in [0.15, 0.2) is 75.9 Å². The summed E-state index contributed by atoms with van der Waals surface area (Å²) in [6, 6.07) is 19.4. The Bertz CT molecular complexity index is 1060. The fraction of sp³-hybridized carbons (Fsp3) is 0. The number of para-hydroxylation sites is 2. The topological polar surface area (TPSA) is 72.3 Å². The smallest absolute Gasteiger partial charge is 0.392 e. The highest BCUT2D eigenvalue weighted by molar-refractivity contribution is 6.02. The number of aromatic hydroxyl groups is 1. The first-order valence-electron chi connectivity index (χ1n) is 7.07. The second kappa shape index (κ2) is 5.46. The number of fused-ring (bicyclic) bond motifs is 4. The lowest BCUT2D eigenvalue weighted by Gasteiger charge is -1.95. The Morgan fingerprint density at radius 2 is 1.65 bits per heavy atom. The van der Waals surface area contributed by atoms with Gasteiger partial charge in [-0.1, -0.05) is 42.5 Å². The molecule has 0 radical (unpaired) electrons. The minimum Gasteiger partial charge on any atom is -0.466 e. The van der Waals surface area contributed by atoms with Crippen LogP contribution in [0, 0.1) is 0 Å². The summed E-state index contributed by atoms with van der Waals surface area (Å²) in [6.07, 6.45) is 1.21. The highest BCUT2D eigenvalue weighted by atomic mass is 16.5. The van der Waals surface area contributed by atoms with Gasteiger partial charge in [-0.25, -0.2) is 4.98 Å². The molecular weight excluding hydrogens is 292 g/mol. The molecule has 0 amide bonds. The molecule has 2 heterocycles. The molecule has 0 spiro atoms. The Hall–Kier alpha value is -3.34. The maximum Gasteiger partial charge on any atom is 0.392 e. The monoisotopic (exact) mass is 304 g/mol. The van der Waals surface area contributed by atoms with Crippen molar-refractivity contribution >= 4 is 33.0 Å². The Balaban J connectivity index is 0.000000122. The third-order valence-corrected chi connectivity index (χ3v) is 3.50. The van der Waals surface area contributed by atoms with Crippen molar-refractivity contribution < 1.29 is 13.9 Å². The van der Waals surface area contributed by atoms with Gasteiger partial charge in [0, 0.05) is 5.39 Å². The highest BCUT2D eigenvalue weighted by Gasteiger charge is 2.02. The van der Waals surface area contributed by atoms with Crippen molar-refractivity contribution in [2.45, 2.75) is 0 Å². The number of hydrogen-bond acceptors (Lipinski definition) is 5. The van der Waals surface area contributed by atoms with E-state index < -0.39 is 0 Å². The maximum absolute atomic E-state index is 8.78. The lowest BCUT2D eigenvalue weighted by Crippen LogP contribution is -1.72. The van der Waals surface area contributed by atoms with Crippen molar-refractivity contribution in [3.63, 3.8) is 0 Å². The van der Waals surface area contributed by atoms with Gasteiger partial charge in [0.2, 0.25) is 0 Å². The fourth-order valence-electron chi connectivity index (χ4n) is 2.45. The minimum atomic E-state index is -0.277. The molecule has 2 aromatic heterocycles. The van der Waals surface area contributed by atoms with Gasteiger partial charge >= 0.3 is 6.08 Å². The van der Waals surface area contributed by atoms with Crippen LogP contribution in [0.1, 0.15) is 0 Å². The van der Waals surface area contributed by atoms with Crippen LogP contribution >= 0.6 is 0 Å². The third kappa shape index (κ3) is 2.48. The standard InChI is InChI=1S/C11H7NO.C7H5NO2/c1-2-4-9-8(3-1)5-6-10-11(9)13-7-12-10;9-7-8-5-3-1-2-4-6(5)10-7/h1-7H;1-4H,(H,8,9). The lowest BCUT2D eigenvalue weighted by atomic mass is 10.1. The van der Waals surface area contributed by atoms with E-state index in [1.807, 2.05) is 36.4 Å². The summed E-state index contributed by atoms with van der Waals surface area (Å²) in [5.74, 6) is 0. The summed E-state index contributed by atoms with van der Waals surface area (Å²) < 4.78 is 10.1. The van der Waals surface area contributed by atoms with E-state index in [0.717, 1.165) is 16.5 Å². The molecule has 0 aliphatic heterocycles. The van der Waals surface area contributed by atoms with Gasteiger partial charge in [0.1, 0.15) is 11.0 Å². The first-order chi connectivity index (χ1) is 11.3. The molecule has 0 aliphatic carbocycles. The largest absolute Gasteiger partial charge is 0.466 e. The first-order valence-corrected chi connectivity index (χ1v) is 7.07. The van der Waals surface area contributed by atoms with Gasteiger partial charge in [-0.15, -0.1) is 0 Å². The molecule has 3 aromatic carbocycles. The van der Waals surface area contributed by atoms with Crippen LogP contribution in [0.5, 0.6) is 6.08 Å². The maximum atomic E-state index is 8.78. The number of benzene rings is 3. The first kappa shape index (κ1) is 13.3. The second-order valence-corrected chi connectivity index (χ2v) is 4.95. The summed E-state index contributed by atoms with van der Waals surface area (Å²) in [5.41, 5.74) is 3.08. The summed E-state index contributed by atoms with van der Waals surface area (Å²) in [7, 11) is 0. The van der Waals surface area contributed by atoms with Crippen LogP contribution in [-0.4, -0.2) is 15.1 Å². The Labute approximate surface area is 130 Å². The molecule has 112 valence electrons. The molecule has 0 bridgehead atoms. The quantitative estimate of drug-likeness (QED) is 0.455. The highest BCUT2D eigenvalue weighted by Crippen LogP contribution is 2.23. The van der Waals surface area contributed by atoms with Crippen molar-refractivity contribution in [2.75, 3.05) is 0 Å². The van der Waals surface area contributed by atoms with Crippen molar-refractivity contribution in [1.29, 1.82) is 0 Å². The molecule has 0 aliphatic rings. The molecular formula is C18H12N2O3. The molecule has 5 rings (SSSR count). The lowest BCUT2D eigenvalue weighted by molar-refractivity contribution is 0.328. The SMILES string of the molecule is Oc1nc2ccccc2o1.c1ccc2c(c1)ccc1ncoc12. The van der Waals surface area contributed by atoms with Gasteiger partial charge in [-0.2, -0.15) is 4.98 Å². The number of oxazole rings is 2. The van der Waals surface area contributed by atoms with E-state index in [1.165, 1.54) is 11.8 Å². The molecule has 0 unspecified atom stereocenters. The van der Waals surface area contributed by atoms with Crippen LogP contribution < -0.4 is 0 Å². The third-order valence-electron chi connectivity index (χ3n) is 3.50. The molecule has 5 aromatic rings. The Morgan fingerprint density at radius 3 is 2.57 bits per heavy atom. The number of nitrogens with zero attached hydrogens (tertiary/aromatic N) is 2. The van der Waals surface area contributed by atoms with Gasteiger partial charge in [0.15, 0.2) is 17.6 Å². The molecule has 0 saturated carbocycles.